The fourth-order valence-corrected chi connectivity index (χ4v) is 3.46. The SMILES string of the molecule is CC(CNc1nc(NC2(C)CCC2)c2cnn(C)c2n1)c1ccccc1. The number of aromatic nitrogens is 4. The molecule has 1 unspecified atom stereocenters. The van der Waals surface area contributed by atoms with Crippen LogP contribution in [-0.4, -0.2) is 31.8 Å². The molecule has 0 bridgehead atoms. The van der Waals surface area contributed by atoms with E-state index in [9.17, 15) is 0 Å². The smallest absolute Gasteiger partial charge is 0.226 e. The van der Waals surface area contributed by atoms with E-state index < -0.39 is 0 Å². The molecule has 1 atom stereocenters. The maximum atomic E-state index is 4.76. The van der Waals surface area contributed by atoms with Gasteiger partial charge in [0.2, 0.25) is 5.95 Å². The molecule has 3 aromatic rings. The highest BCUT2D eigenvalue weighted by molar-refractivity contribution is 5.87. The highest BCUT2D eigenvalue weighted by Crippen LogP contribution is 2.36. The maximum Gasteiger partial charge on any atom is 0.226 e. The molecule has 0 radical (unpaired) electrons. The predicted molar refractivity (Wildman–Crippen MR) is 106 cm³/mol. The first kappa shape index (κ1) is 16.8. The molecular formula is C20H26N6. The Bertz CT molecular complexity index is 897. The average molecular weight is 350 g/mol. The lowest BCUT2D eigenvalue weighted by molar-refractivity contribution is 0.306. The normalized spacial score (nSPS) is 16.9. The third-order valence-electron chi connectivity index (χ3n) is 5.40. The van der Waals surface area contributed by atoms with Gasteiger partial charge in [-0.1, -0.05) is 37.3 Å². The number of nitrogens with zero attached hydrogens (tertiary/aromatic N) is 4. The van der Waals surface area contributed by atoms with Crippen LogP contribution >= 0.6 is 0 Å². The number of rotatable bonds is 6. The Morgan fingerprint density at radius 3 is 2.65 bits per heavy atom. The minimum absolute atomic E-state index is 0.131. The van der Waals surface area contributed by atoms with Crippen molar-refractivity contribution >= 4 is 22.8 Å². The summed E-state index contributed by atoms with van der Waals surface area (Å²) in [6.45, 7) is 5.25. The van der Waals surface area contributed by atoms with Crippen LogP contribution in [0, 0.1) is 0 Å². The van der Waals surface area contributed by atoms with Gasteiger partial charge in [-0.15, -0.1) is 0 Å². The summed E-state index contributed by atoms with van der Waals surface area (Å²) in [7, 11) is 1.92. The fraction of sp³-hybridized carbons (Fsp3) is 0.450. The second kappa shape index (κ2) is 6.59. The molecule has 1 fully saturated rings. The minimum Gasteiger partial charge on any atom is -0.364 e. The van der Waals surface area contributed by atoms with Crippen LogP contribution < -0.4 is 10.6 Å². The predicted octanol–water partition coefficient (Wildman–Crippen LogP) is 3.93. The molecule has 1 aromatic carbocycles. The fourth-order valence-electron chi connectivity index (χ4n) is 3.46. The molecule has 0 spiro atoms. The van der Waals surface area contributed by atoms with E-state index in [0.717, 1.165) is 23.4 Å². The standard InChI is InChI=1S/C20H26N6/c1-14(15-8-5-4-6-9-15)12-21-19-23-17(25-20(2)10-7-11-20)16-13-22-26(3)18(16)24-19/h4-6,8-9,13-14H,7,10-12H2,1-3H3,(H2,21,23,24,25). The molecular weight excluding hydrogens is 324 g/mol. The molecule has 0 amide bonds. The van der Waals surface area contributed by atoms with Crippen molar-refractivity contribution in [1.82, 2.24) is 19.7 Å². The van der Waals surface area contributed by atoms with E-state index in [2.05, 4.69) is 58.8 Å². The van der Waals surface area contributed by atoms with Crippen LogP contribution in [-0.2, 0) is 7.05 Å². The number of nitrogens with one attached hydrogen (secondary N) is 2. The summed E-state index contributed by atoms with van der Waals surface area (Å²) < 4.78 is 1.80. The molecule has 136 valence electrons. The number of anilines is 2. The average Bonchev–Trinajstić information content (AvgIpc) is 3.00. The zero-order valence-corrected chi connectivity index (χ0v) is 15.7. The monoisotopic (exact) mass is 350 g/mol. The van der Waals surface area contributed by atoms with E-state index in [1.807, 2.05) is 19.3 Å². The number of hydrogen-bond acceptors (Lipinski definition) is 5. The zero-order valence-electron chi connectivity index (χ0n) is 15.7. The van der Waals surface area contributed by atoms with Crippen molar-refractivity contribution in [3.05, 3.63) is 42.1 Å². The molecule has 1 aliphatic rings. The Labute approximate surface area is 154 Å². The molecule has 26 heavy (non-hydrogen) atoms. The van der Waals surface area contributed by atoms with Crippen molar-refractivity contribution in [3.63, 3.8) is 0 Å². The van der Waals surface area contributed by atoms with Crippen LogP contribution in [0.25, 0.3) is 11.0 Å². The number of fused-ring (bicyclic) bond motifs is 1. The maximum absolute atomic E-state index is 4.76. The van der Waals surface area contributed by atoms with Crippen LogP contribution in [0.3, 0.4) is 0 Å². The van der Waals surface area contributed by atoms with E-state index in [-0.39, 0.29) is 5.54 Å². The molecule has 6 heteroatoms. The number of hydrogen-bond donors (Lipinski definition) is 2. The van der Waals surface area contributed by atoms with E-state index in [1.165, 1.54) is 24.8 Å². The summed E-state index contributed by atoms with van der Waals surface area (Å²) in [4.78, 5) is 9.43. The van der Waals surface area contributed by atoms with Crippen molar-refractivity contribution in [3.8, 4) is 0 Å². The second-order valence-electron chi connectivity index (χ2n) is 7.63. The van der Waals surface area contributed by atoms with Crippen LogP contribution in [0.15, 0.2) is 36.5 Å². The van der Waals surface area contributed by atoms with Crippen LogP contribution in [0.4, 0.5) is 11.8 Å². The number of aryl methyl sites for hydroxylation is 1. The van der Waals surface area contributed by atoms with Gasteiger partial charge in [-0.05, 0) is 37.7 Å². The zero-order chi connectivity index (χ0) is 18.1. The van der Waals surface area contributed by atoms with Gasteiger partial charge in [0.15, 0.2) is 5.65 Å². The largest absolute Gasteiger partial charge is 0.364 e. The summed E-state index contributed by atoms with van der Waals surface area (Å²) in [5, 5.41) is 12.4. The van der Waals surface area contributed by atoms with Crippen molar-refractivity contribution < 1.29 is 0 Å². The van der Waals surface area contributed by atoms with Gasteiger partial charge < -0.3 is 10.6 Å². The molecule has 1 saturated carbocycles. The van der Waals surface area contributed by atoms with Crippen molar-refractivity contribution in [2.75, 3.05) is 17.2 Å². The molecule has 0 saturated heterocycles. The summed E-state index contributed by atoms with van der Waals surface area (Å²) in [5.74, 6) is 1.90. The lowest BCUT2D eigenvalue weighted by Gasteiger charge is -2.39. The molecule has 4 rings (SSSR count). The van der Waals surface area contributed by atoms with Crippen molar-refractivity contribution in [2.24, 2.45) is 7.05 Å². The summed E-state index contributed by atoms with van der Waals surface area (Å²) >= 11 is 0. The highest BCUT2D eigenvalue weighted by atomic mass is 15.3. The van der Waals surface area contributed by atoms with Gasteiger partial charge in [-0.2, -0.15) is 15.1 Å². The van der Waals surface area contributed by atoms with Crippen molar-refractivity contribution in [2.45, 2.75) is 44.6 Å². The van der Waals surface area contributed by atoms with E-state index in [1.54, 1.807) is 4.68 Å². The molecule has 0 aliphatic heterocycles. The van der Waals surface area contributed by atoms with Crippen LogP contribution in [0.5, 0.6) is 0 Å². The van der Waals surface area contributed by atoms with Gasteiger partial charge in [0.05, 0.1) is 11.6 Å². The second-order valence-corrected chi connectivity index (χ2v) is 7.63. The van der Waals surface area contributed by atoms with Gasteiger partial charge in [-0.3, -0.25) is 4.68 Å². The Kier molecular flexibility index (Phi) is 4.26. The molecule has 1 aliphatic carbocycles. The Balaban J connectivity index is 1.57. The van der Waals surface area contributed by atoms with E-state index in [4.69, 9.17) is 4.98 Å². The molecule has 2 heterocycles. The quantitative estimate of drug-likeness (QED) is 0.705. The molecule has 2 aromatic heterocycles. The molecule has 6 nitrogen and oxygen atoms in total. The van der Waals surface area contributed by atoms with Gasteiger partial charge >= 0.3 is 0 Å². The third-order valence-corrected chi connectivity index (χ3v) is 5.40. The summed E-state index contributed by atoms with van der Waals surface area (Å²) in [6.07, 6.45) is 5.46. The summed E-state index contributed by atoms with van der Waals surface area (Å²) in [6, 6.07) is 10.5. The first-order valence-electron chi connectivity index (χ1n) is 9.31. The van der Waals surface area contributed by atoms with Gasteiger partial charge in [-0.25, -0.2) is 0 Å². The lowest BCUT2D eigenvalue weighted by atomic mass is 9.78. The first-order chi connectivity index (χ1) is 12.5. The van der Waals surface area contributed by atoms with Gasteiger partial charge in [0, 0.05) is 19.1 Å². The van der Waals surface area contributed by atoms with Gasteiger partial charge in [0.1, 0.15) is 5.82 Å². The minimum atomic E-state index is 0.131. The van der Waals surface area contributed by atoms with Crippen molar-refractivity contribution in [1.29, 1.82) is 0 Å². The first-order valence-corrected chi connectivity index (χ1v) is 9.31. The summed E-state index contributed by atoms with van der Waals surface area (Å²) in [5.41, 5.74) is 2.29. The van der Waals surface area contributed by atoms with Crippen LogP contribution in [0.2, 0.25) is 0 Å². The van der Waals surface area contributed by atoms with Crippen LogP contribution in [0.1, 0.15) is 44.6 Å². The molecule has 2 N–H and O–H groups in total. The Hall–Kier alpha value is -2.63. The lowest BCUT2D eigenvalue weighted by Crippen LogP contribution is -2.42. The highest BCUT2D eigenvalue weighted by Gasteiger charge is 2.32. The Morgan fingerprint density at radius 1 is 1.19 bits per heavy atom. The number of benzene rings is 1. The van der Waals surface area contributed by atoms with E-state index >= 15 is 0 Å². The van der Waals surface area contributed by atoms with Gasteiger partial charge in [0.25, 0.3) is 0 Å². The third kappa shape index (κ3) is 3.23. The van der Waals surface area contributed by atoms with E-state index in [0.29, 0.717) is 11.9 Å². The Morgan fingerprint density at radius 2 is 1.96 bits per heavy atom. The topological polar surface area (TPSA) is 67.7 Å².